The number of phenols is 1. The van der Waals surface area contributed by atoms with Crippen molar-refractivity contribution in [2.24, 2.45) is 0 Å². The molecule has 4 heteroatoms. The van der Waals surface area contributed by atoms with E-state index in [4.69, 9.17) is 4.74 Å². The number of phenolic OH excluding ortho intramolecular Hbond substituents is 1. The first-order valence-electron chi connectivity index (χ1n) is 4.70. The molecule has 0 fully saturated rings. The minimum Gasteiger partial charge on any atom is -0.507 e. The second-order valence-corrected chi connectivity index (χ2v) is 3.01. The summed E-state index contributed by atoms with van der Waals surface area (Å²) in [4.78, 5) is 11.4. The SMILES string of the molecule is CCCCOC(=O)c1ccccc1O.[K]. The fraction of sp³-hybridized carbons (Fsp3) is 0.364. The van der Waals surface area contributed by atoms with Gasteiger partial charge in [0.15, 0.2) is 0 Å². The van der Waals surface area contributed by atoms with Crippen molar-refractivity contribution >= 4 is 57.4 Å². The van der Waals surface area contributed by atoms with Crippen LogP contribution in [-0.4, -0.2) is 69.1 Å². The van der Waals surface area contributed by atoms with E-state index in [0.29, 0.717) is 6.61 Å². The molecule has 77 valence electrons. The number of esters is 1. The zero-order chi connectivity index (χ0) is 10.4. The second kappa shape index (κ2) is 8.30. The van der Waals surface area contributed by atoms with Crippen LogP contribution in [0.4, 0.5) is 0 Å². The van der Waals surface area contributed by atoms with Crippen LogP contribution in [0, 0.1) is 0 Å². The third-order valence-electron chi connectivity index (χ3n) is 1.86. The summed E-state index contributed by atoms with van der Waals surface area (Å²) >= 11 is 0. The molecule has 0 amide bonds. The minimum absolute atomic E-state index is 0. The molecule has 1 radical (unpaired) electrons. The molecule has 15 heavy (non-hydrogen) atoms. The molecule has 0 unspecified atom stereocenters. The Bertz CT molecular complexity index is 312. The summed E-state index contributed by atoms with van der Waals surface area (Å²) in [5.74, 6) is -0.495. The quantitative estimate of drug-likeness (QED) is 0.491. The molecule has 0 spiro atoms. The van der Waals surface area contributed by atoms with Crippen LogP contribution in [0.3, 0.4) is 0 Å². The Labute approximate surface area is 132 Å². The Hall–Kier alpha value is 0.126. The molecule has 0 aliphatic carbocycles. The zero-order valence-corrected chi connectivity index (χ0v) is 12.3. The van der Waals surface area contributed by atoms with E-state index in [1.807, 2.05) is 6.92 Å². The molecule has 0 aliphatic rings. The Kier molecular flexibility index (Phi) is 8.37. The molecule has 0 atom stereocenters. The van der Waals surface area contributed by atoms with Gasteiger partial charge in [-0.1, -0.05) is 25.5 Å². The number of para-hydroxylation sites is 1. The van der Waals surface area contributed by atoms with Crippen LogP contribution in [0.15, 0.2) is 24.3 Å². The molecule has 0 aliphatic heterocycles. The van der Waals surface area contributed by atoms with Gasteiger partial charge in [-0.25, -0.2) is 4.79 Å². The normalized spacial score (nSPS) is 9.13. The monoisotopic (exact) mass is 233 g/mol. The van der Waals surface area contributed by atoms with Gasteiger partial charge in [0.05, 0.1) is 6.61 Å². The first-order chi connectivity index (χ1) is 6.75. The van der Waals surface area contributed by atoms with Gasteiger partial charge < -0.3 is 9.84 Å². The second-order valence-electron chi connectivity index (χ2n) is 3.01. The maximum Gasteiger partial charge on any atom is 0.341 e. The van der Waals surface area contributed by atoms with Gasteiger partial charge in [0.2, 0.25) is 0 Å². The third kappa shape index (κ3) is 5.13. The fourth-order valence-corrected chi connectivity index (χ4v) is 1.03. The number of hydrogen-bond donors (Lipinski definition) is 1. The van der Waals surface area contributed by atoms with Gasteiger partial charge in [-0.15, -0.1) is 0 Å². The van der Waals surface area contributed by atoms with E-state index >= 15 is 0 Å². The van der Waals surface area contributed by atoms with Crippen LogP contribution in [0.1, 0.15) is 30.1 Å². The average molecular weight is 233 g/mol. The summed E-state index contributed by atoms with van der Waals surface area (Å²) in [6.07, 6.45) is 1.83. The van der Waals surface area contributed by atoms with Crippen molar-refractivity contribution in [3.05, 3.63) is 29.8 Å². The number of carbonyl (C=O) groups excluding carboxylic acids is 1. The van der Waals surface area contributed by atoms with Crippen LogP contribution < -0.4 is 0 Å². The summed E-state index contributed by atoms with van der Waals surface area (Å²) < 4.78 is 4.95. The molecular weight excluding hydrogens is 219 g/mol. The number of carbonyl (C=O) groups is 1. The molecule has 0 saturated carbocycles. The summed E-state index contributed by atoms with van der Waals surface area (Å²) in [5.41, 5.74) is 0.226. The summed E-state index contributed by atoms with van der Waals surface area (Å²) in [6.45, 7) is 2.43. The fourth-order valence-electron chi connectivity index (χ4n) is 1.03. The third-order valence-corrected chi connectivity index (χ3v) is 1.86. The average Bonchev–Trinajstić information content (AvgIpc) is 2.18. The van der Waals surface area contributed by atoms with Gasteiger partial charge in [0.25, 0.3) is 0 Å². The molecule has 1 aromatic carbocycles. The van der Waals surface area contributed by atoms with Crippen LogP contribution in [0.25, 0.3) is 0 Å². The van der Waals surface area contributed by atoms with Gasteiger partial charge in [-0.2, -0.15) is 0 Å². The Balaban J connectivity index is 0.00000196. The van der Waals surface area contributed by atoms with E-state index < -0.39 is 5.97 Å². The van der Waals surface area contributed by atoms with Gasteiger partial charge >= 0.3 is 5.97 Å². The van der Waals surface area contributed by atoms with Crippen molar-refractivity contribution in [3.63, 3.8) is 0 Å². The van der Waals surface area contributed by atoms with Gasteiger partial charge in [0.1, 0.15) is 11.3 Å². The van der Waals surface area contributed by atoms with E-state index in [1.165, 1.54) is 6.07 Å². The largest absolute Gasteiger partial charge is 0.507 e. The van der Waals surface area contributed by atoms with E-state index in [2.05, 4.69) is 0 Å². The molecule has 1 N–H and O–H groups in total. The van der Waals surface area contributed by atoms with Crippen LogP contribution in [-0.2, 0) is 4.74 Å². The van der Waals surface area contributed by atoms with E-state index in [-0.39, 0.29) is 62.7 Å². The number of hydrogen-bond acceptors (Lipinski definition) is 3. The van der Waals surface area contributed by atoms with Gasteiger partial charge in [0, 0.05) is 51.4 Å². The maximum atomic E-state index is 11.4. The first kappa shape index (κ1) is 15.1. The number of aromatic hydroxyl groups is 1. The molecule has 1 aromatic rings. The maximum absolute atomic E-state index is 11.4. The molecule has 0 saturated heterocycles. The molecule has 0 bridgehead atoms. The van der Waals surface area contributed by atoms with Gasteiger partial charge in [-0.3, -0.25) is 0 Å². The van der Waals surface area contributed by atoms with E-state index in [0.717, 1.165) is 12.8 Å². The standard InChI is InChI=1S/C11H14O3.K/c1-2-3-8-14-11(13)9-6-4-5-7-10(9)12;/h4-7,12H,2-3,8H2,1H3;. The molecular formula is C11H14KO3. The van der Waals surface area contributed by atoms with Crippen molar-refractivity contribution in [2.45, 2.75) is 19.8 Å². The van der Waals surface area contributed by atoms with Crippen molar-refractivity contribution < 1.29 is 14.6 Å². The summed E-state index contributed by atoms with van der Waals surface area (Å²) in [6, 6.07) is 6.37. The predicted octanol–water partition coefficient (Wildman–Crippen LogP) is 1.97. The number of ether oxygens (including phenoxy) is 1. The number of rotatable bonds is 4. The Morgan fingerprint density at radius 3 is 2.67 bits per heavy atom. The topological polar surface area (TPSA) is 46.5 Å². The predicted molar refractivity (Wildman–Crippen MR) is 59.1 cm³/mol. The number of benzene rings is 1. The zero-order valence-electron chi connectivity index (χ0n) is 9.19. The van der Waals surface area contributed by atoms with E-state index in [1.54, 1.807) is 18.2 Å². The van der Waals surface area contributed by atoms with Gasteiger partial charge in [-0.05, 0) is 18.6 Å². The Morgan fingerprint density at radius 1 is 1.40 bits per heavy atom. The molecule has 1 rings (SSSR count). The number of unbranched alkanes of at least 4 members (excludes halogenated alkanes) is 1. The van der Waals surface area contributed by atoms with Crippen molar-refractivity contribution in [1.82, 2.24) is 0 Å². The summed E-state index contributed by atoms with van der Waals surface area (Å²) in [5, 5.41) is 9.34. The smallest absolute Gasteiger partial charge is 0.341 e. The molecule has 0 aromatic heterocycles. The summed E-state index contributed by atoms with van der Waals surface area (Å²) in [7, 11) is 0. The Morgan fingerprint density at radius 2 is 2.07 bits per heavy atom. The van der Waals surface area contributed by atoms with Crippen LogP contribution in [0.5, 0.6) is 5.75 Å². The minimum atomic E-state index is -0.462. The first-order valence-corrected chi connectivity index (χ1v) is 4.70. The van der Waals surface area contributed by atoms with Crippen molar-refractivity contribution in [3.8, 4) is 5.75 Å². The van der Waals surface area contributed by atoms with Crippen molar-refractivity contribution in [1.29, 1.82) is 0 Å². The van der Waals surface area contributed by atoms with E-state index in [9.17, 15) is 9.90 Å². The van der Waals surface area contributed by atoms with Crippen molar-refractivity contribution in [2.75, 3.05) is 6.61 Å². The molecule has 3 nitrogen and oxygen atoms in total. The molecule has 0 heterocycles. The van der Waals surface area contributed by atoms with Crippen LogP contribution in [0.2, 0.25) is 0 Å². The van der Waals surface area contributed by atoms with Crippen LogP contribution >= 0.6 is 0 Å².